The third-order valence-corrected chi connectivity index (χ3v) is 4.53. The van der Waals surface area contributed by atoms with Gasteiger partial charge in [0.25, 0.3) is 0 Å². The zero-order valence-corrected chi connectivity index (χ0v) is 16.9. The summed E-state index contributed by atoms with van der Waals surface area (Å²) in [7, 11) is 0. The predicted molar refractivity (Wildman–Crippen MR) is 120 cm³/mol. The van der Waals surface area contributed by atoms with Gasteiger partial charge in [0.15, 0.2) is 11.5 Å². The van der Waals surface area contributed by atoms with Crippen molar-refractivity contribution in [2.24, 2.45) is 5.73 Å². The molecule has 1 heterocycles. The van der Waals surface area contributed by atoms with Crippen LogP contribution < -0.4 is 15.2 Å². The van der Waals surface area contributed by atoms with Gasteiger partial charge in [-0.2, -0.15) is 0 Å². The number of nitrogens with one attached hydrogen (secondary N) is 1. The molecular formula is C25H28N2O2. The van der Waals surface area contributed by atoms with E-state index in [2.05, 4.69) is 11.6 Å². The highest BCUT2D eigenvalue weighted by molar-refractivity contribution is 5.86. The van der Waals surface area contributed by atoms with Crippen LogP contribution in [-0.2, 0) is 13.0 Å². The fourth-order valence-electron chi connectivity index (χ4n) is 3.03. The van der Waals surface area contributed by atoms with Gasteiger partial charge in [-0.1, -0.05) is 61.2 Å². The second-order valence-corrected chi connectivity index (χ2v) is 6.80. The van der Waals surface area contributed by atoms with Crippen LogP contribution in [-0.4, -0.2) is 18.1 Å². The monoisotopic (exact) mass is 388 g/mol. The van der Waals surface area contributed by atoms with Crippen molar-refractivity contribution in [2.75, 3.05) is 13.2 Å². The van der Waals surface area contributed by atoms with Crippen molar-refractivity contribution in [3.63, 3.8) is 0 Å². The van der Waals surface area contributed by atoms with Crippen LogP contribution in [0.15, 0.2) is 85.1 Å². The van der Waals surface area contributed by atoms with Gasteiger partial charge in [0.2, 0.25) is 0 Å². The Bertz CT molecular complexity index is 1000. The first-order valence-electron chi connectivity index (χ1n) is 9.82. The quantitative estimate of drug-likeness (QED) is 0.462. The number of nitrogens with two attached hydrogens (primary N) is 1. The van der Waals surface area contributed by atoms with Crippen LogP contribution in [0.4, 0.5) is 0 Å². The van der Waals surface area contributed by atoms with Crippen molar-refractivity contribution < 1.29 is 9.47 Å². The van der Waals surface area contributed by atoms with E-state index in [9.17, 15) is 0 Å². The summed E-state index contributed by atoms with van der Waals surface area (Å²) in [4.78, 5) is 3.31. The molecule has 0 aliphatic heterocycles. The van der Waals surface area contributed by atoms with Crippen molar-refractivity contribution in [3.8, 4) is 11.5 Å². The molecule has 4 nitrogen and oxygen atoms in total. The molecule has 0 saturated carbocycles. The zero-order valence-electron chi connectivity index (χ0n) is 16.9. The lowest BCUT2D eigenvalue weighted by molar-refractivity contribution is 0.274. The summed E-state index contributed by atoms with van der Waals surface area (Å²) < 4.78 is 12.2. The average Bonchev–Trinajstić information content (AvgIpc) is 3.13. The van der Waals surface area contributed by atoms with Crippen molar-refractivity contribution >= 4 is 10.9 Å². The van der Waals surface area contributed by atoms with E-state index >= 15 is 0 Å². The number of H-pyrrole nitrogens is 1. The number of fused-ring (bicyclic) bond motifs is 1. The zero-order chi connectivity index (χ0) is 20.5. The minimum Gasteiger partial charge on any atom is -0.485 e. The number of hydrogen-bond acceptors (Lipinski definition) is 3. The van der Waals surface area contributed by atoms with Crippen LogP contribution in [0.5, 0.6) is 11.5 Å². The summed E-state index contributed by atoms with van der Waals surface area (Å²) >= 11 is 0. The molecular weight excluding hydrogens is 360 g/mol. The first-order valence-corrected chi connectivity index (χ1v) is 9.82. The molecule has 3 aromatic rings. The summed E-state index contributed by atoms with van der Waals surface area (Å²) in [5.41, 5.74) is 9.92. The van der Waals surface area contributed by atoms with Crippen LogP contribution in [0, 0.1) is 0 Å². The first kappa shape index (κ1) is 20.5. The molecule has 3 rings (SSSR count). The summed E-state index contributed by atoms with van der Waals surface area (Å²) in [6.07, 6.45) is 10.6. The molecule has 0 radical (unpaired) electrons. The number of ether oxygens (including phenoxy) is 2. The third kappa shape index (κ3) is 5.62. The Hall–Kier alpha value is -3.24. The van der Waals surface area contributed by atoms with Gasteiger partial charge >= 0.3 is 0 Å². The normalized spacial score (nSPS) is 11.5. The molecule has 0 atom stereocenters. The van der Waals surface area contributed by atoms with E-state index in [1.807, 2.05) is 79.9 Å². The molecule has 150 valence electrons. The molecule has 29 heavy (non-hydrogen) atoms. The lowest BCUT2D eigenvalue weighted by Crippen LogP contribution is -2.03. The van der Waals surface area contributed by atoms with Crippen molar-refractivity contribution in [1.82, 2.24) is 4.98 Å². The van der Waals surface area contributed by atoms with E-state index in [1.165, 1.54) is 5.56 Å². The van der Waals surface area contributed by atoms with Gasteiger partial charge in [-0.15, -0.1) is 0 Å². The second kappa shape index (κ2) is 10.3. The minimum atomic E-state index is 0.387. The number of aromatic nitrogens is 1. The van der Waals surface area contributed by atoms with Gasteiger partial charge in [-0.25, -0.2) is 0 Å². The maximum absolute atomic E-state index is 6.14. The van der Waals surface area contributed by atoms with Gasteiger partial charge in [0.1, 0.15) is 13.2 Å². The van der Waals surface area contributed by atoms with Gasteiger partial charge < -0.3 is 20.2 Å². The predicted octanol–water partition coefficient (Wildman–Crippen LogP) is 5.32. The van der Waals surface area contributed by atoms with E-state index < -0.39 is 0 Å². The van der Waals surface area contributed by atoms with Gasteiger partial charge in [-0.05, 0) is 42.7 Å². The topological polar surface area (TPSA) is 60.3 Å². The van der Waals surface area contributed by atoms with Gasteiger partial charge in [0, 0.05) is 23.2 Å². The number of benzene rings is 2. The largest absolute Gasteiger partial charge is 0.485 e. The Labute approximate surface area is 172 Å². The van der Waals surface area contributed by atoms with Crippen LogP contribution in [0.2, 0.25) is 0 Å². The highest BCUT2D eigenvalue weighted by Crippen LogP contribution is 2.35. The Balaban J connectivity index is 1.83. The van der Waals surface area contributed by atoms with Crippen LogP contribution in [0.1, 0.15) is 18.1 Å². The molecule has 0 unspecified atom stereocenters. The maximum Gasteiger partial charge on any atom is 0.163 e. The van der Waals surface area contributed by atoms with Crippen molar-refractivity contribution in [2.45, 2.75) is 20.0 Å². The molecule has 1 aromatic heterocycles. The Morgan fingerprint density at radius 2 is 1.90 bits per heavy atom. The molecule has 0 amide bonds. The van der Waals surface area contributed by atoms with E-state index in [0.29, 0.717) is 31.3 Å². The van der Waals surface area contributed by atoms with E-state index in [1.54, 1.807) is 0 Å². The second-order valence-electron chi connectivity index (χ2n) is 6.80. The highest BCUT2D eigenvalue weighted by atomic mass is 16.5. The first-order chi connectivity index (χ1) is 14.2. The Kier molecular flexibility index (Phi) is 7.31. The average molecular weight is 389 g/mol. The van der Waals surface area contributed by atoms with Gasteiger partial charge in [0.05, 0.1) is 0 Å². The van der Waals surface area contributed by atoms with Crippen molar-refractivity contribution in [1.29, 1.82) is 0 Å². The number of allylic oxidation sites excluding steroid dienone is 3. The lowest BCUT2D eigenvalue weighted by Gasteiger charge is -2.14. The van der Waals surface area contributed by atoms with Crippen LogP contribution in [0.25, 0.3) is 10.9 Å². The molecule has 2 aromatic carbocycles. The summed E-state index contributed by atoms with van der Waals surface area (Å²) in [6, 6.07) is 14.1. The number of aromatic amines is 1. The SMILES string of the molecule is C=C(/C=C\C=C/C)COc1cc2[nH]cc(CCN)c2cc1OCc1ccccc1. The summed E-state index contributed by atoms with van der Waals surface area (Å²) in [6.45, 7) is 7.49. The Morgan fingerprint density at radius 3 is 2.66 bits per heavy atom. The minimum absolute atomic E-state index is 0.387. The summed E-state index contributed by atoms with van der Waals surface area (Å²) in [5, 5.41) is 1.11. The lowest BCUT2D eigenvalue weighted by atomic mass is 10.1. The van der Waals surface area contributed by atoms with Crippen LogP contribution >= 0.6 is 0 Å². The highest BCUT2D eigenvalue weighted by Gasteiger charge is 2.12. The van der Waals surface area contributed by atoms with Crippen molar-refractivity contribution in [3.05, 3.63) is 96.2 Å². The fourth-order valence-corrected chi connectivity index (χ4v) is 3.03. The number of rotatable bonds is 10. The molecule has 0 aliphatic rings. The fraction of sp³-hybridized carbons (Fsp3) is 0.200. The maximum atomic E-state index is 6.14. The smallest absolute Gasteiger partial charge is 0.163 e. The van der Waals surface area contributed by atoms with E-state index in [0.717, 1.165) is 28.5 Å². The molecule has 3 N–H and O–H groups in total. The molecule has 0 aliphatic carbocycles. The van der Waals surface area contributed by atoms with E-state index in [-0.39, 0.29) is 0 Å². The van der Waals surface area contributed by atoms with Gasteiger partial charge in [-0.3, -0.25) is 0 Å². The molecule has 4 heteroatoms. The molecule has 0 saturated heterocycles. The third-order valence-electron chi connectivity index (χ3n) is 4.53. The molecule has 0 spiro atoms. The standard InChI is InChI=1S/C25H28N2O2/c1-3-4-6-9-19(2)17-28-25-15-23-22(21(12-13-26)16-27-23)14-24(25)29-18-20-10-7-5-8-11-20/h3-11,14-16,27H,2,12-13,17-18,26H2,1H3/b4-3-,9-6-. The summed E-state index contributed by atoms with van der Waals surface area (Å²) in [5.74, 6) is 1.40. The number of hydrogen-bond donors (Lipinski definition) is 2. The Morgan fingerprint density at radius 1 is 1.10 bits per heavy atom. The molecule has 0 bridgehead atoms. The van der Waals surface area contributed by atoms with Crippen LogP contribution in [0.3, 0.4) is 0 Å². The molecule has 0 fully saturated rings. The van der Waals surface area contributed by atoms with E-state index in [4.69, 9.17) is 15.2 Å².